The van der Waals surface area contributed by atoms with Crippen molar-refractivity contribution in [1.82, 2.24) is 5.32 Å². The lowest BCUT2D eigenvalue weighted by atomic mass is 10.1. The normalized spacial score (nSPS) is 16.8. The Labute approximate surface area is 107 Å². The molecule has 1 saturated carbocycles. The lowest BCUT2D eigenvalue weighted by Gasteiger charge is -2.21. The summed E-state index contributed by atoms with van der Waals surface area (Å²) in [6.07, 6.45) is -4.64. The van der Waals surface area contributed by atoms with Gasteiger partial charge in [-0.05, 0) is 25.0 Å². The van der Waals surface area contributed by atoms with Gasteiger partial charge < -0.3 is 15.8 Å². The number of rotatable bonds is 3. The van der Waals surface area contributed by atoms with Crippen LogP contribution in [0.5, 0.6) is 5.75 Å². The first kappa shape index (κ1) is 13.5. The lowest BCUT2D eigenvalue weighted by molar-refractivity contribution is -0.163. The van der Waals surface area contributed by atoms with Gasteiger partial charge in [0.15, 0.2) is 0 Å². The summed E-state index contributed by atoms with van der Waals surface area (Å²) in [7, 11) is 1.43. The van der Waals surface area contributed by atoms with Crippen LogP contribution in [0.3, 0.4) is 0 Å². The van der Waals surface area contributed by atoms with Crippen LogP contribution in [0.1, 0.15) is 23.2 Å². The van der Waals surface area contributed by atoms with Gasteiger partial charge in [-0.3, -0.25) is 4.79 Å². The van der Waals surface area contributed by atoms with E-state index in [1.54, 1.807) is 0 Å². The van der Waals surface area contributed by atoms with Gasteiger partial charge in [0.1, 0.15) is 11.3 Å². The van der Waals surface area contributed by atoms with Crippen molar-refractivity contribution in [2.45, 2.75) is 24.6 Å². The number of methoxy groups -OCH3 is 1. The second-order valence-corrected chi connectivity index (χ2v) is 4.49. The van der Waals surface area contributed by atoms with Crippen LogP contribution in [0.4, 0.5) is 18.9 Å². The van der Waals surface area contributed by atoms with Crippen molar-refractivity contribution in [3.8, 4) is 5.75 Å². The van der Waals surface area contributed by atoms with Crippen LogP contribution < -0.4 is 15.8 Å². The fourth-order valence-electron chi connectivity index (χ4n) is 1.76. The average molecular weight is 274 g/mol. The molecule has 0 atom stereocenters. The topological polar surface area (TPSA) is 64.3 Å². The molecule has 0 aliphatic heterocycles. The minimum atomic E-state index is -4.44. The Kier molecular flexibility index (Phi) is 3.07. The molecule has 2 rings (SSSR count). The molecule has 1 fully saturated rings. The number of nitrogen functional groups attached to an aromatic ring is 1. The van der Waals surface area contributed by atoms with E-state index in [0.29, 0.717) is 5.75 Å². The summed E-state index contributed by atoms with van der Waals surface area (Å²) in [4.78, 5) is 11.8. The highest BCUT2D eigenvalue weighted by Crippen LogP contribution is 2.49. The van der Waals surface area contributed by atoms with Gasteiger partial charge in [0.25, 0.3) is 5.91 Å². The summed E-state index contributed by atoms with van der Waals surface area (Å²) in [5.41, 5.74) is 3.63. The number of carbonyl (C=O) groups excluding carboxylic acids is 1. The van der Waals surface area contributed by atoms with Crippen molar-refractivity contribution in [2.75, 3.05) is 12.8 Å². The summed E-state index contributed by atoms with van der Waals surface area (Å²) < 4.78 is 43.1. The maximum atomic E-state index is 12.7. The molecule has 7 heteroatoms. The van der Waals surface area contributed by atoms with E-state index in [2.05, 4.69) is 0 Å². The number of halogens is 3. The van der Waals surface area contributed by atoms with E-state index in [0.717, 1.165) is 0 Å². The first-order chi connectivity index (χ1) is 8.79. The number of benzene rings is 1. The summed E-state index contributed by atoms with van der Waals surface area (Å²) in [5.74, 6) is -0.388. The third kappa shape index (κ3) is 2.45. The highest BCUT2D eigenvalue weighted by Gasteiger charge is 2.64. The number of nitrogens with one attached hydrogen (secondary N) is 1. The summed E-state index contributed by atoms with van der Waals surface area (Å²) in [6.45, 7) is 0. The molecule has 0 aromatic heterocycles. The summed E-state index contributed by atoms with van der Waals surface area (Å²) in [6, 6.07) is 4.20. The fourth-order valence-corrected chi connectivity index (χ4v) is 1.76. The van der Waals surface area contributed by atoms with Crippen LogP contribution in [-0.2, 0) is 0 Å². The molecule has 1 amide bonds. The minimum Gasteiger partial charge on any atom is -0.497 e. The van der Waals surface area contributed by atoms with E-state index in [1.165, 1.54) is 25.3 Å². The van der Waals surface area contributed by atoms with Crippen LogP contribution in [-0.4, -0.2) is 24.7 Å². The predicted octanol–water partition coefficient (Wildman–Crippen LogP) is 2.10. The van der Waals surface area contributed by atoms with E-state index in [-0.39, 0.29) is 24.1 Å². The number of carbonyl (C=O) groups is 1. The molecular weight excluding hydrogens is 261 g/mol. The molecule has 0 radical (unpaired) electrons. The van der Waals surface area contributed by atoms with Gasteiger partial charge in [-0.1, -0.05) is 0 Å². The fraction of sp³-hybridized carbons (Fsp3) is 0.417. The zero-order valence-electron chi connectivity index (χ0n) is 10.2. The Balaban J connectivity index is 2.18. The first-order valence-electron chi connectivity index (χ1n) is 5.62. The molecule has 1 aliphatic carbocycles. The second-order valence-electron chi connectivity index (χ2n) is 4.49. The maximum absolute atomic E-state index is 12.7. The van der Waals surface area contributed by atoms with E-state index >= 15 is 0 Å². The molecule has 4 nitrogen and oxygen atoms in total. The molecule has 1 aromatic carbocycles. The zero-order valence-corrected chi connectivity index (χ0v) is 10.2. The van der Waals surface area contributed by atoms with Gasteiger partial charge in [-0.25, -0.2) is 0 Å². The van der Waals surface area contributed by atoms with E-state index in [1.807, 2.05) is 5.32 Å². The van der Waals surface area contributed by atoms with Crippen molar-refractivity contribution in [3.63, 3.8) is 0 Å². The molecule has 0 heterocycles. The van der Waals surface area contributed by atoms with Gasteiger partial charge in [0.05, 0.1) is 12.7 Å². The number of alkyl halides is 3. The molecule has 0 spiro atoms. The molecule has 0 unspecified atom stereocenters. The molecule has 19 heavy (non-hydrogen) atoms. The van der Waals surface area contributed by atoms with Gasteiger partial charge in [0, 0.05) is 11.8 Å². The first-order valence-corrected chi connectivity index (χ1v) is 5.62. The number of ether oxygens (including phenoxy) is 1. The largest absolute Gasteiger partial charge is 0.497 e. The van der Waals surface area contributed by atoms with Crippen molar-refractivity contribution in [1.29, 1.82) is 0 Å². The highest BCUT2D eigenvalue weighted by atomic mass is 19.4. The SMILES string of the molecule is COc1ccc(C(=O)NC2(C(F)(F)F)CC2)c(N)c1. The van der Waals surface area contributed by atoms with Gasteiger partial charge in [0.2, 0.25) is 0 Å². The van der Waals surface area contributed by atoms with Crippen LogP contribution in [0.15, 0.2) is 18.2 Å². The van der Waals surface area contributed by atoms with Crippen LogP contribution in [0.25, 0.3) is 0 Å². The van der Waals surface area contributed by atoms with E-state index in [9.17, 15) is 18.0 Å². The predicted molar refractivity (Wildman–Crippen MR) is 62.9 cm³/mol. The second kappa shape index (κ2) is 4.32. The lowest BCUT2D eigenvalue weighted by Crippen LogP contribution is -2.48. The van der Waals surface area contributed by atoms with Crippen LogP contribution in [0, 0.1) is 0 Å². The van der Waals surface area contributed by atoms with Crippen molar-refractivity contribution in [3.05, 3.63) is 23.8 Å². The highest BCUT2D eigenvalue weighted by molar-refractivity contribution is 6.00. The van der Waals surface area contributed by atoms with Crippen LogP contribution >= 0.6 is 0 Å². The summed E-state index contributed by atoms with van der Waals surface area (Å²) in [5, 5.41) is 2.02. The number of hydrogen-bond acceptors (Lipinski definition) is 3. The number of amides is 1. The zero-order chi connectivity index (χ0) is 14.3. The van der Waals surface area contributed by atoms with Gasteiger partial charge in [-0.15, -0.1) is 0 Å². The maximum Gasteiger partial charge on any atom is 0.411 e. The molecule has 0 saturated heterocycles. The molecule has 1 aliphatic rings. The van der Waals surface area contributed by atoms with Crippen molar-refractivity contribution in [2.24, 2.45) is 0 Å². The smallest absolute Gasteiger partial charge is 0.411 e. The Morgan fingerprint density at radius 1 is 1.42 bits per heavy atom. The van der Waals surface area contributed by atoms with Gasteiger partial charge >= 0.3 is 6.18 Å². The Bertz CT molecular complexity index is 510. The third-order valence-corrected chi connectivity index (χ3v) is 3.15. The van der Waals surface area contributed by atoms with Crippen molar-refractivity contribution >= 4 is 11.6 Å². The molecule has 1 aromatic rings. The van der Waals surface area contributed by atoms with Crippen molar-refractivity contribution < 1.29 is 22.7 Å². The number of anilines is 1. The van der Waals surface area contributed by atoms with Crippen LogP contribution in [0.2, 0.25) is 0 Å². The quantitative estimate of drug-likeness (QED) is 0.830. The Hall–Kier alpha value is -1.92. The number of nitrogens with two attached hydrogens (primary N) is 1. The minimum absolute atomic E-state index is 0.0105. The third-order valence-electron chi connectivity index (χ3n) is 3.15. The molecule has 104 valence electrons. The monoisotopic (exact) mass is 274 g/mol. The molecular formula is C12H13F3N2O2. The Morgan fingerprint density at radius 3 is 2.47 bits per heavy atom. The summed E-state index contributed by atoms with van der Waals surface area (Å²) >= 11 is 0. The average Bonchev–Trinajstić information content (AvgIpc) is 3.08. The standard InChI is InChI=1S/C12H13F3N2O2/c1-19-7-2-3-8(9(16)6-7)10(18)17-11(4-5-11)12(13,14)15/h2-3,6H,4-5,16H2,1H3,(H,17,18). The van der Waals surface area contributed by atoms with Gasteiger partial charge in [-0.2, -0.15) is 13.2 Å². The Morgan fingerprint density at radius 2 is 2.05 bits per heavy atom. The van der Waals surface area contributed by atoms with E-state index < -0.39 is 17.6 Å². The number of hydrogen-bond donors (Lipinski definition) is 2. The molecule has 0 bridgehead atoms. The molecule has 3 N–H and O–H groups in total. The van der Waals surface area contributed by atoms with E-state index in [4.69, 9.17) is 10.5 Å².